The fourth-order valence-corrected chi connectivity index (χ4v) is 3.13. The zero-order valence-electron chi connectivity index (χ0n) is 12.4. The van der Waals surface area contributed by atoms with Crippen molar-refractivity contribution in [3.8, 4) is 0 Å². The van der Waals surface area contributed by atoms with Crippen molar-refractivity contribution in [1.82, 2.24) is 9.88 Å². The van der Waals surface area contributed by atoms with Crippen molar-refractivity contribution in [3.63, 3.8) is 0 Å². The van der Waals surface area contributed by atoms with Crippen molar-refractivity contribution >= 4 is 39.6 Å². The first-order chi connectivity index (χ1) is 10.6. The second kappa shape index (κ2) is 8.02. The number of aryl methyl sites for hydroxylation is 1. The van der Waals surface area contributed by atoms with Crippen LogP contribution in [0.5, 0.6) is 0 Å². The molecular formula is C14H17N3O3S2. The Bertz CT molecular complexity index is 625. The first-order valence-electron chi connectivity index (χ1n) is 6.64. The van der Waals surface area contributed by atoms with E-state index in [2.05, 4.69) is 10.3 Å². The van der Waals surface area contributed by atoms with Gasteiger partial charge in [-0.05, 0) is 18.4 Å². The van der Waals surface area contributed by atoms with Crippen LogP contribution in [0, 0.1) is 6.92 Å². The van der Waals surface area contributed by atoms with Crippen LogP contribution < -0.4 is 5.32 Å². The molecule has 2 aromatic heterocycles. The molecule has 8 heteroatoms. The van der Waals surface area contributed by atoms with Crippen LogP contribution in [0.25, 0.3) is 0 Å². The lowest BCUT2D eigenvalue weighted by molar-refractivity contribution is -0.117. The number of carbonyl (C=O) groups is 2. The number of carbonyl (C=O) groups excluding carboxylic acids is 2. The Morgan fingerprint density at radius 3 is 2.86 bits per heavy atom. The lowest BCUT2D eigenvalue weighted by Gasteiger charge is -2.20. The van der Waals surface area contributed by atoms with Crippen LogP contribution in [-0.2, 0) is 9.53 Å². The summed E-state index contributed by atoms with van der Waals surface area (Å²) in [6, 6.07) is 3.56. The summed E-state index contributed by atoms with van der Waals surface area (Å²) in [7, 11) is 1.56. The van der Waals surface area contributed by atoms with Crippen molar-refractivity contribution in [2.75, 3.05) is 32.1 Å². The highest BCUT2D eigenvalue weighted by molar-refractivity contribution is 7.15. The predicted octanol–water partition coefficient (Wildman–Crippen LogP) is 2.24. The molecule has 6 nitrogen and oxygen atoms in total. The van der Waals surface area contributed by atoms with E-state index in [4.69, 9.17) is 4.74 Å². The molecule has 0 aliphatic carbocycles. The number of nitrogens with zero attached hydrogens (tertiary/aromatic N) is 2. The van der Waals surface area contributed by atoms with Gasteiger partial charge in [-0.15, -0.1) is 22.7 Å². The maximum Gasteiger partial charge on any atom is 0.264 e. The summed E-state index contributed by atoms with van der Waals surface area (Å²) < 4.78 is 5.01. The first kappa shape index (κ1) is 16.6. The molecule has 0 saturated heterocycles. The highest BCUT2D eigenvalue weighted by Crippen LogP contribution is 2.17. The van der Waals surface area contributed by atoms with Gasteiger partial charge >= 0.3 is 0 Å². The average Bonchev–Trinajstić information content (AvgIpc) is 3.14. The van der Waals surface area contributed by atoms with Gasteiger partial charge in [0.05, 0.1) is 11.5 Å². The fourth-order valence-electron chi connectivity index (χ4n) is 1.75. The maximum atomic E-state index is 12.4. The number of anilines is 1. The topological polar surface area (TPSA) is 71.5 Å². The molecule has 2 heterocycles. The third-order valence-electron chi connectivity index (χ3n) is 2.79. The number of hydrogen-bond donors (Lipinski definition) is 1. The van der Waals surface area contributed by atoms with Crippen LogP contribution in [0.15, 0.2) is 23.7 Å². The molecule has 2 aromatic rings. The van der Waals surface area contributed by atoms with Gasteiger partial charge in [0.1, 0.15) is 6.54 Å². The van der Waals surface area contributed by atoms with Gasteiger partial charge < -0.3 is 15.0 Å². The summed E-state index contributed by atoms with van der Waals surface area (Å²) in [5, 5.41) is 5.08. The van der Waals surface area contributed by atoms with Crippen molar-refractivity contribution in [2.24, 2.45) is 0 Å². The van der Waals surface area contributed by atoms with Gasteiger partial charge in [0.15, 0.2) is 5.13 Å². The maximum absolute atomic E-state index is 12.4. The number of hydrogen-bond acceptors (Lipinski definition) is 6. The Labute approximate surface area is 136 Å². The molecule has 118 valence electrons. The number of thiophene rings is 1. The highest BCUT2D eigenvalue weighted by Gasteiger charge is 2.20. The smallest absolute Gasteiger partial charge is 0.264 e. The number of nitrogens with one attached hydrogen (secondary N) is 1. The molecule has 0 atom stereocenters. The van der Waals surface area contributed by atoms with E-state index in [1.165, 1.54) is 27.6 Å². The van der Waals surface area contributed by atoms with E-state index in [9.17, 15) is 9.59 Å². The van der Waals surface area contributed by atoms with Crippen molar-refractivity contribution < 1.29 is 14.3 Å². The number of methoxy groups -OCH3 is 1. The zero-order valence-corrected chi connectivity index (χ0v) is 14.0. The number of amides is 2. The van der Waals surface area contributed by atoms with Crippen molar-refractivity contribution in [2.45, 2.75) is 6.92 Å². The Hall–Kier alpha value is -1.77. The average molecular weight is 339 g/mol. The Balaban J connectivity index is 1.99. The molecule has 22 heavy (non-hydrogen) atoms. The molecule has 0 aromatic carbocycles. The fraction of sp³-hybridized carbons (Fsp3) is 0.357. The Kier molecular flexibility index (Phi) is 6.05. The monoisotopic (exact) mass is 339 g/mol. The Morgan fingerprint density at radius 2 is 2.27 bits per heavy atom. The molecular weight excluding hydrogens is 322 g/mol. The molecule has 2 amide bonds. The molecule has 0 unspecified atom stereocenters. The van der Waals surface area contributed by atoms with Crippen molar-refractivity contribution in [1.29, 1.82) is 0 Å². The van der Waals surface area contributed by atoms with Crippen LogP contribution in [0.1, 0.15) is 14.5 Å². The quantitative estimate of drug-likeness (QED) is 0.840. The SMILES string of the molecule is COCCN(CC(=O)Nc1ncc(C)s1)C(=O)c1cccs1. The highest BCUT2D eigenvalue weighted by atomic mass is 32.1. The van der Waals surface area contributed by atoms with E-state index in [0.717, 1.165) is 4.88 Å². The normalized spacial score (nSPS) is 10.5. The van der Waals surface area contributed by atoms with Gasteiger partial charge in [-0.1, -0.05) is 6.07 Å². The largest absolute Gasteiger partial charge is 0.383 e. The predicted molar refractivity (Wildman–Crippen MR) is 87.6 cm³/mol. The van der Waals surface area contributed by atoms with E-state index < -0.39 is 0 Å². The van der Waals surface area contributed by atoms with Crippen LogP contribution in [0.4, 0.5) is 5.13 Å². The van der Waals surface area contributed by atoms with E-state index >= 15 is 0 Å². The van der Waals surface area contributed by atoms with Crippen LogP contribution >= 0.6 is 22.7 Å². The molecule has 0 fully saturated rings. The van der Waals surface area contributed by atoms with Crippen LogP contribution in [0.3, 0.4) is 0 Å². The minimum atomic E-state index is -0.268. The number of aromatic nitrogens is 1. The van der Waals surface area contributed by atoms with Crippen molar-refractivity contribution in [3.05, 3.63) is 33.5 Å². The molecule has 0 spiro atoms. The van der Waals surface area contributed by atoms with E-state index in [1.807, 2.05) is 18.4 Å². The lowest BCUT2D eigenvalue weighted by Crippen LogP contribution is -2.39. The minimum Gasteiger partial charge on any atom is -0.383 e. The summed E-state index contributed by atoms with van der Waals surface area (Å²) in [5.74, 6) is -0.437. The van der Waals surface area contributed by atoms with Gasteiger partial charge in [0, 0.05) is 24.7 Å². The Morgan fingerprint density at radius 1 is 1.45 bits per heavy atom. The molecule has 0 saturated carbocycles. The van der Waals surface area contributed by atoms with Crippen LogP contribution in [0.2, 0.25) is 0 Å². The molecule has 1 N–H and O–H groups in total. The van der Waals surface area contributed by atoms with Gasteiger partial charge in [-0.2, -0.15) is 0 Å². The summed E-state index contributed by atoms with van der Waals surface area (Å²) in [5.41, 5.74) is 0. The second-order valence-corrected chi connectivity index (χ2v) is 6.70. The third kappa shape index (κ3) is 4.62. The van der Waals surface area contributed by atoms with Gasteiger partial charge in [0.2, 0.25) is 5.91 Å². The van der Waals surface area contributed by atoms with Crippen LogP contribution in [-0.4, -0.2) is 48.5 Å². The summed E-state index contributed by atoms with van der Waals surface area (Å²) in [6.45, 7) is 2.62. The van der Waals surface area contributed by atoms with E-state index in [0.29, 0.717) is 23.2 Å². The van der Waals surface area contributed by atoms with Gasteiger partial charge in [-0.25, -0.2) is 4.98 Å². The second-order valence-electron chi connectivity index (χ2n) is 4.52. The minimum absolute atomic E-state index is 0.0290. The molecule has 0 radical (unpaired) electrons. The van der Waals surface area contributed by atoms with E-state index in [1.54, 1.807) is 19.4 Å². The van der Waals surface area contributed by atoms with Gasteiger partial charge in [0.25, 0.3) is 5.91 Å². The number of ether oxygens (including phenoxy) is 1. The summed E-state index contributed by atoms with van der Waals surface area (Å²) in [4.78, 5) is 31.7. The first-order valence-corrected chi connectivity index (χ1v) is 8.33. The third-order valence-corrected chi connectivity index (χ3v) is 4.47. The number of rotatable bonds is 7. The zero-order chi connectivity index (χ0) is 15.9. The lowest BCUT2D eigenvalue weighted by atomic mass is 10.3. The molecule has 0 bridgehead atoms. The molecule has 0 aliphatic rings. The number of thiazole rings is 1. The van der Waals surface area contributed by atoms with E-state index in [-0.39, 0.29) is 18.4 Å². The molecule has 2 rings (SSSR count). The van der Waals surface area contributed by atoms with Gasteiger partial charge in [-0.3, -0.25) is 9.59 Å². The standard InChI is InChI=1S/C14H17N3O3S2/c1-10-8-15-14(22-10)16-12(18)9-17(5-6-20-2)13(19)11-4-3-7-21-11/h3-4,7-8H,5-6,9H2,1-2H3,(H,15,16,18). The molecule has 0 aliphatic heterocycles. The summed E-state index contributed by atoms with van der Waals surface area (Å²) >= 11 is 2.75. The summed E-state index contributed by atoms with van der Waals surface area (Å²) in [6.07, 6.45) is 1.69.